The average Bonchev–Trinajstić information content (AvgIpc) is 2.90. The first-order chi connectivity index (χ1) is 18.7. The van der Waals surface area contributed by atoms with Gasteiger partial charge in [-0.3, -0.25) is 0 Å². The molecular formula is C38H78. The Kier molecular flexibility index (Phi) is 33.2. The van der Waals surface area contributed by atoms with Crippen LogP contribution in [0.2, 0.25) is 0 Å². The molecule has 0 radical (unpaired) electrons. The van der Waals surface area contributed by atoms with E-state index in [1.54, 1.807) is 0 Å². The van der Waals surface area contributed by atoms with Gasteiger partial charge in [-0.25, -0.2) is 0 Å². The third kappa shape index (κ3) is 34.0. The molecule has 0 aliphatic carbocycles. The molecule has 0 spiro atoms. The lowest BCUT2D eigenvalue weighted by Gasteiger charge is -2.11. The van der Waals surface area contributed by atoms with Crippen LogP contribution in [0, 0.1) is 11.8 Å². The van der Waals surface area contributed by atoms with E-state index >= 15 is 0 Å². The van der Waals surface area contributed by atoms with Gasteiger partial charge in [0.2, 0.25) is 0 Å². The minimum Gasteiger partial charge on any atom is -0.0654 e. The number of hydrogen-bond acceptors (Lipinski definition) is 0. The molecule has 0 amide bonds. The van der Waals surface area contributed by atoms with E-state index in [1.807, 2.05) is 0 Å². The topological polar surface area (TPSA) is 0 Å². The first-order valence-electron chi connectivity index (χ1n) is 18.7. The van der Waals surface area contributed by atoms with Crippen LogP contribution in [0.1, 0.15) is 233 Å². The molecule has 230 valence electrons. The van der Waals surface area contributed by atoms with Crippen LogP contribution >= 0.6 is 0 Å². The SMILES string of the molecule is CCCCCCCCCCCCCCCCCCCCCCCCC(C)CCCCCCCCCC(C)C. The number of rotatable bonds is 33. The summed E-state index contributed by atoms with van der Waals surface area (Å²) in [5.41, 5.74) is 0. The molecule has 0 aromatic carbocycles. The molecule has 0 aliphatic rings. The third-order valence-electron chi connectivity index (χ3n) is 9.03. The summed E-state index contributed by atoms with van der Waals surface area (Å²) < 4.78 is 0. The summed E-state index contributed by atoms with van der Waals surface area (Å²) in [4.78, 5) is 0. The van der Waals surface area contributed by atoms with Crippen LogP contribution in [-0.4, -0.2) is 0 Å². The van der Waals surface area contributed by atoms with Crippen molar-refractivity contribution < 1.29 is 0 Å². The van der Waals surface area contributed by atoms with Crippen molar-refractivity contribution in [2.24, 2.45) is 11.8 Å². The van der Waals surface area contributed by atoms with Crippen LogP contribution in [0.4, 0.5) is 0 Å². The maximum Gasteiger partial charge on any atom is -0.0443 e. The van der Waals surface area contributed by atoms with E-state index in [9.17, 15) is 0 Å². The van der Waals surface area contributed by atoms with Crippen LogP contribution in [-0.2, 0) is 0 Å². The molecular weight excluding hydrogens is 456 g/mol. The van der Waals surface area contributed by atoms with Gasteiger partial charge < -0.3 is 0 Å². The summed E-state index contributed by atoms with van der Waals surface area (Å²) in [6, 6.07) is 0. The summed E-state index contributed by atoms with van der Waals surface area (Å²) in [7, 11) is 0. The van der Waals surface area contributed by atoms with Gasteiger partial charge in [0.05, 0.1) is 0 Å². The van der Waals surface area contributed by atoms with Gasteiger partial charge >= 0.3 is 0 Å². The van der Waals surface area contributed by atoms with Gasteiger partial charge in [-0.2, -0.15) is 0 Å². The summed E-state index contributed by atoms with van der Waals surface area (Å²) in [6.45, 7) is 9.51. The normalized spacial score (nSPS) is 12.6. The lowest BCUT2D eigenvalue weighted by atomic mass is 9.95. The molecule has 0 heterocycles. The maximum atomic E-state index is 2.50. The predicted molar refractivity (Wildman–Crippen MR) is 177 cm³/mol. The first kappa shape index (κ1) is 38.0. The Balaban J connectivity index is 3.12. The molecule has 1 atom stereocenters. The van der Waals surface area contributed by atoms with Crippen LogP contribution < -0.4 is 0 Å². The average molecular weight is 535 g/mol. The van der Waals surface area contributed by atoms with E-state index in [0.29, 0.717) is 0 Å². The molecule has 0 aromatic heterocycles. The molecule has 0 aliphatic heterocycles. The summed E-state index contributed by atoms with van der Waals surface area (Å²) in [5, 5.41) is 0. The Labute approximate surface area is 244 Å². The fourth-order valence-electron chi connectivity index (χ4n) is 6.18. The number of hydrogen-bond donors (Lipinski definition) is 0. The van der Waals surface area contributed by atoms with Crippen molar-refractivity contribution >= 4 is 0 Å². The highest BCUT2D eigenvalue weighted by Gasteiger charge is 2.03. The van der Waals surface area contributed by atoms with E-state index in [4.69, 9.17) is 0 Å². The standard InChI is InChI=1S/C38H78/c1-5-6-7-8-9-10-11-12-13-14-15-16-17-18-19-20-21-22-23-26-29-32-35-38(4)36-33-30-27-24-25-28-31-34-37(2)3/h37-38H,5-36H2,1-4H3. The Hall–Kier alpha value is 0. The second kappa shape index (κ2) is 33.2. The molecule has 0 rings (SSSR count). The van der Waals surface area contributed by atoms with Gasteiger partial charge in [-0.1, -0.05) is 233 Å². The Morgan fingerprint density at radius 1 is 0.263 bits per heavy atom. The fourth-order valence-corrected chi connectivity index (χ4v) is 6.18. The molecule has 0 fully saturated rings. The fraction of sp³-hybridized carbons (Fsp3) is 1.00. The highest BCUT2D eigenvalue weighted by Crippen LogP contribution is 2.20. The minimum atomic E-state index is 0.894. The second-order valence-corrected chi connectivity index (χ2v) is 13.8. The van der Waals surface area contributed by atoms with Crippen LogP contribution in [0.25, 0.3) is 0 Å². The van der Waals surface area contributed by atoms with Crippen molar-refractivity contribution in [2.75, 3.05) is 0 Å². The Bertz CT molecular complexity index is 397. The van der Waals surface area contributed by atoms with Gasteiger partial charge in [-0.15, -0.1) is 0 Å². The van der Waals surface area contributed by atoms with Gasteiger partial charge in [0, 0.05) is 0 Å². The molecule has 0 saturated carbocycles. The van der Waals surface area contributed by atoms with Crippen molar-refractivity contribution in [2.45, 2.75) is 233 Å². The lowest BCUT2D eigenvalue weighted by Crippen LogP contribution is -1.95. The van der Waals surface area contributed by atoms with Crippen molar-refractivity contribution in [3.8, 4) is 0 Å². The van der Waals surface area contributed by atoms with E-state index in [-0.39, 0.29) is 0 Å². The van der Waals surface area contributed by atoms with E-state index in [0.717, 1.165) is 11.8 Å². The highest BCUT2D eigenvalue weighted by atomic mass is 14.1. The van der Waals surface area contributed by atoms with Gasteiger partial charge in [0.15, 0.2) is 0 Å². The molecule has 0 saturated heterocycles. The number of unbranched alkanes of at least 4 members (excludes halogenated alkanes) is 27. The molecule has 38 heavy (non-hydrogen) atoms. The second-order valence-electron chi connectivity index (χ2n) is 13.8. The quantitative estimate of drug-likeness (QED) is 0.0734. The van der Waals surface area contributed by atoms with Crippen LogP contribution in [0.3, 0.4) is 0 Å². The minimum absolute atomic E-state index is 0.894. The zero-order valence-corrected chi connectivity index (χ0v) is 27.8. The summed E-state index contributed by atoms with van der Waals surface area (Å²) >= 11 is 0. The van der Waals surface area contributed by atoms with Crippen molar-refractivity contribution in [3.05, 3.63) is 0 Å². The summed E-state index contributed by atoms with van der Waals surface area (Å²) in [6.07, 6.45) is 47.3. The van der Waals surface area contributed by atoms with Crippen LogP contribution in [0.5, 0.6) is 0 Å². The largest absolute Gasteiger partial charge is 0.0654 e. The Morgan fingerprint density at radius 2 is 0.474 bits per heavy atom. The Morgan fingerprint density at radius 3 is 0.711 bits per heavy atom. The molecule has 0 nitrogen and oxygen atoms in total. The van der Waals surface area contributed by atoms with Crippen LogP contribution in [0.15, 0.2) is 0 Å². The zero-order chi connectivity index (χ0) is 27.8. The molecule has 0 heteroatoms. The van der Waals surface area contributed by atoms with E-state index < -0.39 is 0 Å². The van der Waals surface area contributed by atoms with E-state index in [2.05, 4.69) is 27.7 Å². The summed E-state index contributed by atoms with van der Waals surface area (Å²) in [5.74, 6) is 1.86. The van der Waals surface area contributed by atoms with Crippen molar-refractivity contribution in [1.29, 1.82) is 0 Å². The maximum absolute atomic E-state index is 2.50. The van der Waals surface area contributed by atoms with Gasteiger partial charge in [0.25, 0.3) is 0 Å². The highest BCUT2D eigenvalue weighted by molar-refractivity contribution is 4.57. The predicted octanol–water partition coefficient (Wildman–Crippen LogP) is 14.8. The zero-order valence-electron chi connectivity index (χ0n) is 27.8. The van der Waals surface area contributed by atoms with E-state index in [1.165, 1.54) is 205 Å². The first-order valence-corrected chi connectivity index (χ1v) is 18.7. The molecule has 0 bridgehead atoms. The van der Waals surface area contributed by atoms with Gasteiger partial charge in [-0.05, 0) is 11.8 Å². The molecule has 0 aromatic rings. The van der Waals surface area contributed by atoms with Gasteiger partial charge in [0.1, 0.15) is 0 Å². The monoisotopic (exact) mass is 535 g/mol. The van der Waals surface area contributed by atoms with Crippen molar-refractivity contribution in [1.82, 2.24) is 0 Å². The molecule has 1 unspecified atom stereocenters. The lowest BCUT2D eigenvalue weighted by molar-refractivity contribution is 0.429. The van der Waals surface area contributed by atoms with Crippen molar-refractivity contribution in [3.63, 3.8) is 0 Å². The third-order valence-corrected chi connectivity index (χ3v) is 9.03. The molecule has 0 N–H and O–H groups in total. The smallest absolute Gasteiger partial charge is 0.0443 e.